The Labute approximate surface area is 200 Å². The molecule has 3 amide bonds. The third-order valence-corrected chi connectivity index (χ3v) is 9.50. The van der Waals surface area contributed by atoms with Crippen LogP contribution in [-0.2, 0) is 19.6 Å². The maximum absolute atomic E-state index is 12.5. The molecule has 5 rings (SSSR count). The zero-order valence-electron chi connectivity index (χ0n) is 19.7. The van der Waals surface area contributed by atoms with Gasteiger partial charge in [0.05, 0.1) is 10.5 Å². The van der Waals surface area contributed by atoms with Gasteiger partial charge >= 0.3 is 12.0 Å². The van der Waals surface area contributed by atoms with Crippen LogP contribution in [0.2, 0.25) is 0 Å². The first-order valence-corrected chi connectivity index (χ1v) is 13.5. The van der Waals surface area contributed by atoms with Crippen LogP contribution in [0.15, 0.2) is 29.2 Å². The number of esters is 1. The van der Waals surface area contributed by atoms with Gasteiger partial charge in [-0.25, -0.2) is 18.0 Å². The molecule has 0 aliphatic heterocycles. The average molecular weight is 492 g/mol. The summed E-state index contributed by atoms with van der Waals surface area (Å²) in [4.78, 5) is 37.0. The lowest BCUT2D eigenvalue weighted by atomic mass is 9.53. The van der Waals surface area contributed by atoms with Gasteiger partial charge in [0.2, 0.25) is 10.0 Å². The van der Waals surface area contributed by atoms with Gasteiger partial charge in [-0.2, -0.15) is 4.31 Å². The number of carbonyl (C=O) groups is 3. The molecule has 186 valence electrons. The molecule has 0 spiro atoms. The number of imide groups is 1. The summed E-state index contributed by atoms with van der Waals surface area (Å²) < 4.78 is 31.4. The first kappa shape index (κ1) is 24.7. The van der Waals surface area contributed by atoms with E-state index in [0.29, 0.717) is 30.8 Å². The highest BCUT2D eigenvalue weighted by Gasteiger charge is 2.51. The second kappa shape index (κ2) is 9.65. The normalized spacial score (nSPS) is 27.4. The number of amides is 3. The molecule has 10 heteroatoms. The lowest BCUT2D eigenvalue weighted by Gasteiger charge is -2.56. The fourth-order valence-electron chi connectivity index (χ4n) is 6.39. The second-order valence-corrected chi connectivity index (χ2v) is 11.8. The molecule has 1 aromatic carbocycles. The Kier molecular flexibility index (Phi) is 7.00. The Hall–Kier alpha value is -2.46. The van der Waals surface area contributed by atoms with Gasteiger partial charge in [0.25, 0.3) is 5.91 Å². The number of nitrogens with zero attached hydrogens (tertiary/aromatic N) is 1. The summed E-state index contributed by atoms with van der Waals surface area (Å²) in [5.41, 5.74) is -0.104. The van der Waals surface area contributed by atoms with E-state index in [1.807, 2.05) is 0 Å². The molecular formula is C24H33N3O6S. The molecule has 0 aromatic heterocycles. The third kappa shape index (κ3) is 5.12. The highest BCUT2D eigenvalue weighted by molar-refractivity contribution is 7.89. The molecule has 2 N–H and O–H groups in total. The average Bonchev–Trinajstić information content (AvgIpc) is 2.76. The fourth-order valence-corrected chi connectivity index (χ4v) is 7.85. The van der Waals surface area contributed by atoms with Crippen LogP contribution in [-0.4, -0.2) is 55.9 Å². The number of sulfonamides is 1. The summed E-state index contributed by atoms with van der Waals surface area (Å²) in [6.07, 6.45) is 6.65. The third-order valence-electron chi connectivity index (χ3n) is 7.44. The van der Waals surface area contributed by atoms with E-state index in [4.69, 9.17) is 4.74 Å². The van der Waals surface area contributed by atoms with Gasteiger partial charge < -0.3 is 10.1 Å². The van der Waals surface area contributed by atoms with E-state index in [1.54, 1.807) is 13.8 Å². The zero-order chi connectivity index (χ0) is 24.5. The summed E-state index contributed by atoms with van der Waals surface area (Å²) in [5.74, 6) is 0.504. The summed E-state index contributed by atoms with van der Waals surface area (Å²) in [7, 11) is -3.63. The Bertz CT molecular complexity index is 1010. The molecule has 0 heterocycles. The molecule has 9 nitrogen and oxygen atoms in total. The molecular weight excluding hydrogens is 458 g/mol. The topological polar surface area (TPSA) is 122 Å². The number of hydrogen-bond acceptors (Lipinski definition) is 6. The minimum atomic E-state index is -3.63. The van der Waals surface area contributed by atoms with Crippen molar-refractivity contribution in [2.24, 2.45) is 17.8 Å². The van der Waals surface area contributed by atoms with Gasteiger partial charge in [-0.05, 0) is 80.5 Å². The predicted octanol–water partition coefficient (Wildman–Crippen LogP) is 2.67. The first-order chi connectivity index (χ1) is 16.1. The van der Waals surface area contributed by atoms with Crippen LogP contribution in [0.4, 0.5) is 4.79 Å². The number of rotatable bonds is 8. The van der Waals surface area contributed by atoms with Crippen LogP contribution in [0.1, 0.15) is 62.7 Å². The van der Waals surface area contributed by atoms with Crippen LogP contribution in [0.5, 0.6) is 0 Å². The van der Waals surface area contributed by atoms with Crippen LogP contribution >= 0.6 is 0 Å². The Morgan fingerprint density at radius 1 is 0.971 bits per heavy atom. The minimum absolute atomic E-state index is 0.0758. The highest BCUT2D eigenvalue weighted by atomic mass is 32.2. The van der Waals surface area contributed by atoms with E-state index >= 15 is 0 Å². The van der Waals surface area contributed by atoms with Crippen LogP contribution in [0.25, 0.3) is 0 Å². The smallest absolute Gasteiger partial charge is 0.338 e. The summed E-state index contributed by atoms with van der Waals surface area (Å²) in [6.45, 7) is 3.58. The largest absolute Gasteiger partial charge is 0.452 e. The van der Waals surface area contributed by atoms with Crippen molar-refractivity contribution in [2.45, 2.75) is 62.8 Å². The van der Waals surface area contributed by atoms with Gasteiger partial charge in [-0.1, -0.05) is 13.8 Å². The number of carbonyl (C=O) groups excluding carboxylic acids is 3. The van der Waals surface area contributed by atoms with Gasteiger partial charge in [0.15, 0.2) is 6.61 Å². The van der Waals surface area contributed by atoms with E-state index < -0.39 is 34.5 Å². The van der Waals surface area contributed by atoms with Crippen LogP contribution in [0, 0.1) is 17.8 Å². The monoisotopic (exact) mass is 491 g/mol. The van der Waals surface area contributed by atoms with Crippen molar-refractivity contribution >= 4 is 27.9 Å². The van der Waals surface area contributed by atoms with E-state index in [1.165, 1.54) is 47.8 Å². The summed E-state index contributed by atoms with van der Waals surface area (Å²) >= 11 is 0. The summed E-state index contributed by atoms with van der Waals surface area (Å²) in [6, 6.07) is 4.81. The van der Waals surface area contributed by atoms with Gasteiger partial charge in [0, 0.05) is 18.6 Å². The number of nitrogens with one attached hydrogen (secondary N) is 2. The molecule has 4 aliphatic carbocycles. The molecule has 0 atom stereocenters. The molecule has 4 aliphatic rings. The fraction of sp³-hybridized carbons (Fsp3) is 0.625. The predicted molar refractivity (Wildman–Crippen MR) is 124 cm³/mol. The van der Waals surface area contributed by atoms with Gasteiger partial charge in [0.1, 0.15) is 0 Å². The van der Waals surface area contributed by atoms with Crippen molar-refractivity contribution in [3.63, 3.8) is 0 Å². The molecule has 0 saturated heterocycles. The Morgan fingerprint density at radius 2 is 1.50 bits per heavy atom. The molecule has 4 fully saturated rings. The van der Waals surface area contributed by atoms with E-state index in [-0.39, 0.29) is 16.0 Å². The lowest BCUT2D eigenvalue weighted by molar-refractivity contribution is -0.123. The summed E-state index contributed by atoms with van der Waals surface area (Å²) in [5, 5.41) is 5.31. The molecule has 34 heavy (non-hydrogen) atoms. The number of urea groups is 1. The Morgan fingerprint density at radius 3 is 2.00 bits per heavy atom. The van der Waals surface area contributed by atoms with Crippen molar-refractivity contribution in [3.8, 4) is 0 Å². The zero-order valence-corrected chi connectivity index (χ0v) is 20.5. The second-order valence-electron chi connectivity index (χ2n) is 9.89. The first-order valence-electron chi connectivity index (χ1n) is 12.0. The minimum Gasteiger partial charge on any atom is -0.452 e. The SMILES string of the molecule is CCN(CC)S(=O)(=O)c1ccc(C(=O)OCC(=O)NC(=O)NC23CC4CC(CC(C4)C2)C3)cc1. The number of ether oxygens (including phenoxy) is 1. The van der Waals surface area contributed by atoms with Crippen molar-refractivity contribution in [3.05, 3.63) is 29.8 Å². The van der Waals surface area contributed by atoms with Gasteiger partial charge in [-0.3, -0.25) is 10.1 Å². The quantitative estimate of drug-likeness (QED) is 0.539. The number of hydrogen-bond donors (Lipinski definition) is 2. The standard InChI is InChI=1S/C24H33N3O6S/c1-3-27(4-2)34(31,32)20-7-5-19(6-8-20)22(29)33-15-21(28)25-23(30)26-24-12-16-9-17(13-24)11-18(10-16)14-24/h5-8,16-18H,3-4,9-15H2,1-2H3,(H2,25,26,28,30). The molecule has 0 unspecified atom stereocenters. The van der Waals surface area contributed by atoms with Crippen molar-refractivity contribution in [1.82, 2.24) is 14.9 Å². The van der Waals surface area contributed by atoms with Crippen LogP contribution < -0.4 is 10.6 Å². The van der Waals surface area contributed by atoms with Crippen molar-refractivity contribution in [2.75, 3.05) is 19.7 Å². The van der Waals surface area contributed by atoms with E-state index in [2.05, 4.69) is 10.6 Å². The number of benzene rings is 1. The van der Waals surface area contributed by atoms with Crippen molar-refractivity contribution in [1.29, 1.82) is 0 Å². The molecule has 1 aromatic rings. The highest BCUT2D eigenvalue weighted by Crippen LogP contribution is 2.55. The van der Waals surface area contributed by atoms with E-state index in [0.717, 1.165) is 19.3 Å². The molecule has 4 bridgehead atoms. The maximum Gasteiger partial charge on any atom is 0.338 e. The maximum atomic E-state index is 12.5. The lowest BCUT2D eigenvalue weighted by Crippen LogP contribution is -2.62. The van der Waals surface area contributed by atoms with Gasteiger partial charge in [-0.15, -0.1) is 0 Å². The molecule has 4 saturated carbocycles. The van der Waals surface area contributed by atoms with E-state index in [9.17, 15) is 22.8 Å². The Balaban J connectivity index is 1.26. The van der Waals surface area contributed by atoms with Crippen LogP contribution in [0.3, 0.4) is 0 Å². The van der Waals surface area contributed by atoms with Crippen molar-refractivity contribution < 1.29 is 27.5 Å². The molecule has 0 radical (unpaired) electrons.